The molecule has 0 aliphatic rings. The van der Waals surface area contributed by atoms with Crippen molar-refractivity contribution >= 4 is 16.7 Å². The first-order valence-electron chi connectivity index (χ1n) is 9.42. The highest BCUT2D eigenvalue weighted by molar-refractivity contribution is 6.13. The van der Waals surface area contributed by atoms with Gasteiger partial charge in [-0.15, -0.1) is 10.2 Å². The zero-order valence-corrected chi connectivity index (χ0v) is 15.8. The standard InChI is InChI=1S/C23H16FN5O/c24-17-12-10-16(11-13-17)23-26-28-29(27-23)14-20(30)21-18-8-4-5-9-19(18)25-22(21)15-6-2-1-3-7-15/h1-13,25H,14H2. The second-order valence-corrected chi connectivity index (χ2v) is 6.86. The Hall–Kier alpha value is -4.13. The van der Waals surface area contributed by atoms with Gasteiger partial charge in [0.15, 0.2) is 5.78 Å². The molecule has 0 radical (unpaired) electrons. The van der Waals surface area contributed by atoms with Crippen LogP contribution in [0.4, 0.5) is 4.39 Å². The van der Waals surface area contributed by atoms with Crippen LogP contribution >= 0.6 is 0 Å². The predicted octanol–water partition coefficient (Wildman–Crippen LogP) is 4.51. The van der Waals surface area contributed by atoms with Crippen molar-refractivity contribution in [3.8, 4) is 22.6 Å². The van der Waals surface area contributed by atoms with E-state index >= 15 is 0 Å². The summed E-state index contributed by atoms with van der Waals surface area (Å²) in [6.07, 6.45) is 0. The first kappa shape index (κ1) is 17.9. The number of carbonyl (C=O) groups excluding carboxylic acids is 1. The third kappa shape index (κ3) is 3.26. The Morgan fingerprint density at radius 3 is 2.43 bits per heavy atom. The predicted molar refractivity (Wildman–Crippen MR) is 111 cm³/mol. The Kier molecular flexibility index (Phi) is 4.40. The number of hydrogen-bond acceptors (Lipinski definition) is 4. The number of nitrogens with one attached hydrogen (secondary N) is 1. The highest BCUT2D eigenvalue weighted by Crippen LogP contribution is 2.31. The van der Waals surface area contributed by atoms with Crippen LogP contribution in [0.2, 0.25) is 0 Å². The van der Waals surface area contributed by atoms with Crippen molar-refractivity contribution in [3.05, 3.63) is 90.2 Å². The summed E-state index contributed by atoms with van der Waals surface area (Å²) >= 11 is 0. The van der Waals surface area contributed by atoms with E-state index in [-0.39, 0.29) is 18.1 Å². The molecule has 0 fully saturated rings. The molecule has 146 valence electrons. The van der Waals surface area contributed by atoms with Crippen LogP contribution in [-0.4, -0.2) is 31.0 Å². The minimum Gasteiger partial charge on any atom is -0.354 e. The Morgan fingerprint density at radius 1 is 0.900 bits per heavy atom. The van der Waals surface area contributed by atoms with Crippen LogP contribution in [0.1, 0.15) is 10.4 Å². The third-order valence-corrected chi connectivity index (χ3v) is 4.89. The van der Waals surface area contributed by atoms with Crippen molar-refractivity contribution < 1.29 is 9.18 Å². The number of para-hydroxylation sites is 1. The zero-order chi connectivity index (χ0) is 20.5. The highest BCUT2D eigenvalue weighted by Gasteiger charge is 2.21. The van der Waals surface area contributed by atoms with E-state index in [2.05, 4.69) is 20.4 Å². The number of tetrazole rings is 1. The fraction of sp³-hybridized carbons (Fsp3) is 0.0435. The van der Waals surface area contributed by atoms with E-state index in [1.54, 1.807) is 12.1 Å². The topological polar surface area (TPSA) is 76.5 Å². The fourth-order valence-corrected chi connectivity index (χ4v) is 3.49. The van der Waals surface area contributed by atoms with Gasteiger partial charge in [0.25, 0.3) is 0 Å². The van der Waals surface area contributed by atoms with Gasteiger partial charge in [-0.1, -0.05) is 48.5 Å². The van der Waals surface area contributed by atoms with Gasteiger partial charge in [-0.25, -0.2) is 4.39 Å². The molecule has 0 aliphatic heterocycles. The molecule has 0 saturated carbocycles. The fourth-order valence-electron chi connectivity index (χ4n) is 3.49. The normalized spacial score (nSPS) is 11.1. The summed E-state index contributed by atoms with van der Waals surface area (Å²) in [5.74, 6) is -0.131. The smallest absolute Gasteiger partial charge is 0.204 e. The Morgan fingerprint density at radius 2 is 1.63 bits per heavy atom. The van der Waals surface area contributed by atoms with E-state index in [0.717, 1.165) is 22.2 Å². The molecule has 6 nitrogen and oxygen atoms in total. The van der Waals surface area contributed by atoms with Gasteiger partial charge in [0.1, 0.15) is 12.4 Å². The van der Waals surface area contributed by atoms with Gasteiger partial charge in [-0.05, 0) is 41.1 Å². The number of carbonyl (C=O) groups is 1. The minimum absolute atomic E-state index is 0.0596. The summed E-state index contributed by atoms with van der Waals surface area (Å²) in [5.41, 5.74) is 3.80. The lowest BCUT2D eigenvalue weighted by molar-refractivity contribution is 0.0963. The second kappa shape index (κ2) is 7.36. The highest BCUT2D eigenvalue weighted by atomic mass is 19.1. The molecule has 0 aliphatic carbocycles. The Balaban J connectivity index is 1.50. The van der Waals surface area contributed by atoms with Gasteiger partial charge in [0, 0.05) is 16.5 Å². The van der Waals surface area contributed by atoms with Gasteiger partial charge >= 0.3 is 0 Å². The summed E-state index contributed by atoms with van der Waals surface area (Å²) in [6.45, 7) is -0.0596. The van der Waals surface area contributed by atoms with E-state index < -0.39 is 0 Å². The molecule has 0 spiro atoms. The number of nitrogens with zero attached hydrogens (tertiary/aromatic N) is 4. The molecule has 0 amide bonds. The van der Waals surface area contributed by atoms with Crippen molar-refractivity contribution in [1.29, 1.82) is 0 Å². The molecule has 5 rings (SSSR count). The molecule has 2 heterocycles. The van der Waals surface area contributed by atoms with Crippen LogP contribution in [0.25, 0.3) is 33.5 Å². The largest absolute Gasteiger partial charge is 0.354 e. The number of rotatable bonds is 5. The molecular weight excluding hydrogens is 381 g/mol. The molecule has 0 atom stereocenters. The maximum Gasteiger partial charge on any atom is 0.204 e. The molecular formula is C23H16FN5O. The molecule has 1 N–H and O–H groups in total. The van der Waals surface area contributed by atoms with E-state index in [0.29, 0.717) is 17.0 Å². The SMILES string of the molecule is O=C(Cn1nnc(-c2ccc(F)cc2)n1)c1c(-c2ccccc2)[nH]c2ccccc12. The second-order valence-electron chi connectivity index (χ2n) is 6.86. The van der Waals surface area contributed by atoms with Crippen molar-refractivity contribution in [2.75, 3.05) is 0 Å². The third-order valence-electron chi connectivity index (χ3n) is 4.89. The number of Topliss-reactive ketones (excluding diaryl/α,β-unsaturated/α-hetero) is 1. The minimum atomic E-state index is -0.339. The lowest BCUT2D eigenvalue weighted by Crippen LogP contribution is -2.14. The summed E-state index contributed by atoms with van der Waals surface area (Å²) in [6, 6.07) is 23.2. The van der Waals surface area contributed by atoms with E-state index in [4.69, 9.17) is 0 Å². The zero-order valence-electron chi connectivity index (χ0n) is 15.8. The number of halogens is 1. The van der Waals surface area contributed by atoms with Crippen LogP contribution in [0.5, 0.6) is 0 Å². The number of hydrogen-bond donors (Lipinski definition) is 1. The van der Waals surface area contributed by atoms with Crippen molar-refractivity contribution in [1.82, 2.24) is 25.2 Å². The van der Waals surface area contributed by atoms with Crippen LogP contribution in [0, 0.1) is 5.82 Å². The van der Waals surface area contributed by atoms with Gasteiger partial charge in [0.05, 0.1) is 11.3 Å². The maximum absolute atomic E-state index is 13.3. The van der Waals surface area contributed by atoms with E-state index in [9.17, 15) is 9.18 Å². The first-order valence-corrected chi connectivity index (χ1v) is 9.42. The number of aromatic nitrogens is 5. The number of fused-ring (bicyclic) bond motifs is 1. The summed E-state index contributed by atoms with van der Waals surface area (Å²) in [5, 5.41) is 13.1. The van der Waals surface area contributed by atoms with Crippen LogP contribution < -0.4 is 0 Å². The molecule has 0 bridgehead atoms. The number of ketones is 1. The summed E-state index contributed by atoms with van der Waals surface area (Å²) in [7, 11) is 0. The van der Waals surface area contributed by atoms with Gasteiger partial charge in [-0.3, -0.25) is 4.79 Å². The van der Waals surface area contributed by atoms with Gasteiger partial charge in [0.2, 0.25) is 5.82 Å². The first-order chi connectivity index (χ1) is 14.7. The molecule has 2 aromatic heterocycles. The van der Waals surface area contributed by atoms with Crippen LogP contribution in [0.3, 0.4) is 0 Å². The van der Waals surface area contributed by atoms with Gasteiger partial charge < -0.3 is 4.98 Å². The molecule has 0 saturated heterocycles. The maximum atomic E-state index is 13.3. The van der Waals surface area contributed by atoms with Crippen molar-refractivity contribution in [2.45, 2.75) is 6.54 Å². The molecule has 3 aromatic carbocycles. The van der Waals surface area contributed by atoms with E-state index in [1.807, 2.05) is 54.6 Å². The number of aromatic amines is 1. The average Bonchev–Trinajstić information content (AvgIpc) is 3.39. The molecule has 30 heavy (non-hydrogen) atoms. The quantitative estimate of drug-likeness (QED) is 0.443. The number of benzene rings is 3. The Labute approximate surface area is 171 Å². The van der Waals surface area contributed by atoms with Crippen molar-refractivity contribution in [2.24, 2.45) is 0 Å². The lowest BCUT2D eigenvalue weighted by Gasteiger charge is -2.04. The summed E-state index contributed by atoms with van der Waals surface area (Å²) < 4.78 is 13.1. The van der Waals surface area contributed by atoms with E-state index in [1.165, 1.54) is 16.9 Å². The molecule has 0 unspecified atom stereocenters. The van der Waals surface area contributed by atoms with Gasteiger partial charge in [-0.2, -0.15) is 4.80 Å². The summed E-state index contributed by atoms with van der Waals surface area (Å²) in [4.78, 5) is 17.9. The lowest BCUT2D eigenvalue weighted by atomic mass is 10.0. The molecule has 7 heteroatoms. The average molecular weight is 397 g/mol. The Bertz CT molecular complexity index is 1340. The van der Waals surface area contributed by atoms with Crippen LogP contribution in [0.15, 0.2) is 78.9 Å². The number of H-pyrrole nitrogens is 1. The molecule has 5 aromatic rings. The van der Waals surface area contributed by atoms with Crippen LogP contribution in [-0.2, 0) is 6.54 Å². The van der Waals surface area contributed by atoms with Crippen molar-refractivity contribution in [3.63, 3.8) is 0 Å². The monoisotopic (exact) mass is 397 g/mol.